The van der Waals surface area contributed by atoms with Crippen molar-refractivity contribution in [1.82, 2.24) is 0 Å². The minimum absolute atomic E-state index is 0.0196. The second kappa shape index (κ2) is 5.21. The van der Waals surface area contributed by atoms with E-state index >= 15 is 0 Å². The Hall–Kier alpha value is -1.52. The van der Waals surface area contributed by atoms with E-state index in [-0.39, 0.29) is 17.4 Å². The summed E-state index contributed by atoms with van der Waals surface area (Å²) in [5.74, 6) is -0.238. The molecule has 0 heterocycles. The summed E-state index contributed by atoms with van der Waals surface area (Å²) >= 11 is 0. The van der Waals surface area contributed by atoms with Crippen molar-refractivity contribution in [2.45, 2.75) is 32.5 Å². The van der Waals surface area contributed by atoms with Crippen molar-refractivity contribution in [1.29, 1.82) is 0 Å². The molecule has 0 aliphatic heterocycles. The Bertz CT molecular complexity index is 399. The maximum Gasteiger partial charge on any atom is 0.419 e. The Kier molecular flexibility index (Phi) is 4.15. The first-order valence-corrected chi connectivity index (χ1v) is 5.21. The molecule has 1 atom stereocenters. The Balaban J connectivity index is 3.16. The number of carbonyl (C=O) groups excluding carboxylic acids is 1. The first-order chi connectivity index (χ1) is 7.88. The zero-order valence-corrected chi connectivity index (χ0v) is 9.54. The highest BCUT2D eigenvalue weighted by molar-refractivity contribution is 5.75. The van der Waals surface area contributed by atoms with Crippen LogP contribution in [0.2, 0.25) is 0 Å². The molecule has 1 aromatic rings. The number of hydrogen-bond acceptors (Lipinski definition) is 2. The molecular weight excluding hydrogens is 233 g/mol. The fraction of sp³-hybridized carbons (Fsp3) is 0.417. The van der Waals surface area contributed by atoms with E-state index in [1.165, 1.54) is 12.1 Å². The molecule has 0 saturated heterocycles. The molecule has 0 N–H and O–H groups in total. The number of carbonyl (C=O) groups is 1. The van der Waals surface area contributed by atoms with Gasteiger partial charge in [0.2, 0.25) is 0 Å². The first kappa shape index (κ1) is 13.5. The number of benzene rings is 1. The smallest absolute Gasteiger partial charge is 0.419 e. The molecule has 94 valence electrons. The zero-order valence-electron chi connectivity index (χ0n) is 9.54. The Morgan fingerprint density at radius 1 is 1.41 bits per heavy atom. The van der Waals surface area contributed by atoms with Gasteiger partial charge in [-0.05, 0) is 31.5 Å². The molecule has 0 bridgehead atoms. The van der Waals surface area contributed by atoms with Crippen LogP contribution in [-0.4, -0.2) is 12.4 Å². The van der Waals surface area contributed by atoms with Crippen molar-refractivity contribution < 1.29 is 22.7 Å². The summed E-state index contributed by atoms with van der Waals surface area (Å²) < 4.78 is 43.4. The molecule has 0 aromatic heterocycles. The highest BCUT2D eigenvalue weighted by atomic mass is 19.4. The van der Waals surface area contributed by atoms with Gasteiger partial charge < -0.3 is 4.74 Å². The number of halogens is 3. The summed E-state index contributed by atoms with van der Waals surface area (Å²) in [5, 5.41) is 0. The Morgan fingerprint density at radius 2 is 2.06 bits per heavy atom. The molecule has 1 rings (SSSR count). The zero-order chi connectivity index (χ0) is 13.1. The van der Waals surface area contributed by atoms with E-state index in [1.807, 2.05) is 6.92 Å². The number of hydrogen-bond donors (Lipinski definition) is 0. The largest absolute Gasteiger partial charge is 0.490 e. The van der Waals surface area contributed by atoms with Crippen LogP contribution in [0, 0.1) is 0 Å². The van der Waals surface area contributed by atoms with Crippen LogP contribution in [0.4, 0.5) is 13.2 Å². The molecule has 1 aromatic carbocycles. The van der Waals surface area contributed by atoms with E-state index in [2.05, 4.69) is 0 Å². The summed E-state index contributed by atoms with van der Waals surface area (Å²) in [6, 6.07) is 3.28. The maximum atomic E-state index is 12.7. The predicted molar refractivity (Wildman–Crippen MR) is 57.2 cm³/mol. The van der Waals surface area contributed by atoms with Crippen LogP contribution >= 0.6 is 0 Å². The van der Waals surface area contributed by atoms with Crippen LogP contribution in [0.25, 0.3) is 0 Å². The third-order valence-electron chi connectivity index (χ3n) is 2.35. The van der Waals surface area contributed by atoms with Gasteiger partial charge in [0.25, 0.3) is 0 Å². The highest BCUT2D eigenvalue weighted by Gasteiger charge is 2.35. The lowest BCUT2D eigenvalue weighted by atomic mass is 10.1. The van der Waals surface area contributed by atoms with Gasteiger partial charge in [0.15, 0.2) is 0 Å². The quantitative estimate of drug-likeness (QED) is 0.757. The first-order valence-electron chi connectivity index (χ1n) is 5.21. The van der Waals surface area contributed by atoms with Gasteiger partial charge in [0, 0.05) is 5.56 Å². The fourth-order valence-electron chi connectivity index (χ4n) is 1.25. The summed E-state index contributed by atoms with van der Waals surface area (Å²) in [4.78, 5) is 10.5. The minimum atomic E-state index is -4.53. The van der Waals surface area contributed by atoms with Crippen molar-refractivity contribution in [3.05, 3.63) is 29.3 Å². The lowest BCUT2D eigenvalue weighted by Crippen LogP contribution is -2.15. The fourth-order valence-corrected chi connectivity index (χ4v) is 1.25. The summed E-state index contributed by atoms with van der Waals surface area (Å²) in [6.07, 6.45) is -3.85. The van der Waals surface area contributed by atoms with Crippen molar-refractivity contribution >= 4 is 6.29 Å². The van der Waals surface area contributed by atoms with Crippen molar-refractivity contribution in [3.63, 3.8) is 0 Å². The van der Waals surface area contributed by atoms with Gasteiger partial charge in [-0.2, -0.15) is 13.2 Å². The van der Waals surface area contributed by atoms with E-state index in [1.54, 1.807) is 6.92 Å². The molecule has 5 heteroatoms. The van der Waals surface area contributed by atoms with Gasteiger partial charge in [0.05, 0.1) is 11.7 Å². The molecule has 0 spiro atoms. The number of aldehydes is 1. The monoisotopic (exact) mass is 246 g/mol. The molecule has 0 aliphatic carbocycles. The van der Waals surface area contributed by atoms with Crippen molar-refractivity contribution in [2.24, 2.45) is 0 Å². The predicted octanol–water partition coefficient (Wildman–Crippen LogP) is 3.70. The molecule has 0 amide bonds. The van der Waals surface area contributed by atoms with Gasteiger partial charge in [0.1, 0.15) is 12.0 Å². The molecule has 1 unspecified atom stereocenters. The van der Waals surface area contributed by atoms with Crippen molar-refractivity contribution in [2.75, 3.05) is 0 Å². The highest BCUT2D eigenvalue weighted by Crippen LogP contribution is 2.37. The van der Waals surface area contributed by atoms with Crippen molar-refractivity contribution in [3.8, 4) is 5.75 Å². The molecule has 0 aliphatic rings. The van der Waals surface area contributed by atoms with Crippen LogP contribution in [0.15, 0.2) is 18.2 Å². The topological polar surface area (TPSA) is 26.3 Å². The number of rotatable bonds is 4. The number of ether oxygens (including phenoxy) is 1. The van der Waals surface area contributed by atoms with Gasteiger partial charge in [-0.15, -0.1) is 0 Å². The van der Waals surface area contributed by atoms with Crippen LogP contribution in [0.3, 0.4) is 0 Å². The summed E-state index contributed by atoms with van der Waals surface area (Å²) in [7, 11) is 0. The summed E-state index contributed by atoms with van der Waals surface area (Å²) in [6.45, 7) is 3.51. The third-order valence-corrected chi connectivity index (χ3v) is 2.35. The lowest BCUT2D eigenvalue weighted by molar-refractivity contribution is -0.139. The van der Waals surface area contributed by atoms with Gasteiger partial charge in [-0.1, -0.05) is 6.92 Å². The summed E-state index contributed by atoms with van der Waals surface area (Å²) in [5.41, 5.74) is -0.934. The van der Waals surface area contributed by atoms with Gasteiger partial charge >= 0.3 is 6.18 Å². The normalized spacial score (nSPS) is 13.2. The number of alkyl halides is 3. The minimum Gasteiger partial charge on any atom is -0.490 e. The second-order valence-electron chi connectivity index (χ2n) is 3.71. The molecule has 0 saturated carbocycles. The third kappa shape index (κ3) is 3.47. The molecular formula is C12H13F3O2. The van der Waals surface area contributed by atoms with E-state index in [0.717, 1.165) is 6.07 Å². The van der Waals surface area contributed by atoms with Gasteiger partial charge in [-0.25, -0.2) is 0 Å². The van der Waals surface area contributed by atoms with E-state index in [9.17, 15) is 18.0 Å². The molecule has 17 heavy (non-hydrogen) atoms. The Morgan fingerprint density at radius 3 is 2.53 bits per heavy atom. The molecule has 2 nitrogen and oxygen atoms in total. The van der Waals surface area contributed by atoms with E-state index in [4.69, 9.17) is 4.74 Å². The van der Waals surface area contributed by atoms with Crippen LogP contribution in [0.5, 0.6) is 5.75 Å². The maximum absolute atomic E-state index is 12.7. The van der Waals surface area contributed by atoms with Crippen LogP contribution in [0.1, 0.15) is 36.2 Å². The standard InChI is InChI=1S/C12H13F3O2/c1-3-8(2)17-11-5-4-9(7-16)6-10(11)12(13,14)15/h4-8H,3H2,1-2H3. The van der Waals surface area contributed by atoms with E-state index in [0.29, 0.717) is 12.7 Å². The lowest BCUT2D eigenvalue weighted by Gasteiger charge is -2.17. The molecule has 0 radical (unpaired) electrons. The van der Waals surface area contributed by atoms with Gasteiger partial charge in [-0.3, -0.25) is 4.79 Å². The average Bonchev–Trinajstić information content (AvgIpc) is 2.28. The second-order valence-corrected chi connectivity index (χ2v) is 3.71. The SMILES string of the molecule is CCC(C)Oc1ccc(C=O)cc1C(F)(F)F. The molecule has 0 fully saturated rings. The Labute approximate surface area is 97.4 Å². The van der Waals surface area contributed by atoms with E-state index < -0.39 is 11.7 Å². The van der Waals surface area contributed by atoms with Crippen LogP contribution in [-0.2, 0) is 6.18 Å². The van der Waals surface area contributed by atoms with Crippen LogP contribution < -0.4 is 4.74 Å². The average molecular weight is 246 g/mol.